The summed E-state index contributed by atoms with van der Waals surface area (Å²) in [5.41, 5.74) is 5.75. The summed E-state index contributed by atoms with van der Waals surface area (Å²) in [5.74, 6) is 0.418. The molecule has 7 heteroatoms. The summed E-state index contributed by atoms with van der Waals surface area (Å²) < 4.78 is 0. The molecular weight excluding hydrogens is 432 g/mol. The number of carbonyl (C=O) groups excluding carboxylic acids is 2. The summed E-state index contributed by atoms with van der Waals surface area (Å²) in [6.45, 7) is 1.43. The largest absolute Gasteiger partial charge is 0.337 e. The van der Waals surface area contributed by atoms with Crippen molar-refractivity contribution in [1.82, 2.24) is 9.97 Å². The molecule has 0 unspecified atom stereocenters. The van der Waals surface area contributed by atoms with Crippen molar-refractivity contribution in [2.75, 3.05) is 10.6 Å². The van der Waals surface area contributed by atoms with E-state index < -0.39 is 0 Å². The number of aromatic amines is 1. The third kappa shape index (κ3) is 4.53. The molecule has 0 fully saturated rings. The molecule has 2 amide bonds. The smallest absolute Gasteiger partial charge is 0.255 e. The van der Waals surface area contributed by atoms with E-state index in [-0.39, 0.29) is 11.8 Å². The van der Waals surface area contributed by atoms with Crippen molar-refractivity contribution < 1.29 is 9.59 Å². The summed E-state index contributed by atoms with van der Waals surface area (Å²) in [6, 6.07) is 24.6. The molecule has 3 aromatic carbocycles. The first-order chi connectivity index (χ1) is 16.0. The Balaban J connectivity index is 1.35. The quantitative estimate of drug-likeness (QED) is 0.298. The lowest BCUT2D eigenvalue weighted by Gasteiger charge is -2.08. The Morgan fingerprint density at radius 3 is 2.45 bits per heavy atom. The molecule has 5 rings (SSSR count). The molecule has 0 atom stereocenters. The minimum absolute atomic E-state index is 0.182. The van der Waals surface area contributed by atoms with Gasteiger partial charge in [0.15, 0.2) is 0 Å². The molecule has 6 nitrogen and oxygen atoms in total. The van der Waals surface area contributed by atoms with Crippen molar-refractivity contribution >= 4 is 45.6 Å². The Kier molecular flexibility index (Phi) is 5.46. The Hall–Kier alpha value is -4.23. The number of amides is 2. The maximum Gasteiger partial charge on any atom is 0.255 e. The van der Waals surface area contributed by atoms with Crippen LogP contribution in [0.25, 0.3) is 32.9 Å². The first-order valence-electron chi connectivity index (χ1n) is 10.4. The fraction of sp³-hybridized carbons (Fsp3) is 0.0385. The molecule has 0 bridgehead atoms. The van der Waals surface area contributed by atoms with Crippen molar-refractivity contribution in [2.45, 2.75) is 6.92 Å². The van der Waals surface area contributed by atoms with Gasteiger partial charge in [0, 0.05) is 23.9 Å². The number of carbonyl (C=O) groups is 2. The van der Waals surface area contributed by atoms with E-state index in [1.807, 2.05) is 48.5 Å². The molecular formula is C26H20N4O2S. The molecule has 33 heavy (non-hydrogen) atoms. The molecule has 3 N–H and O–H groups in total. The average Bonchev–Trinajstić information content (AvgIpc) is 3.46. The minimum atomic E-state index is -0.243. The van der Waals surface area contributed by atoms with Gasteiger partial charge in [-0.05, 0) is 65.0 Å². The third-order valence-corrected chi connectivity index (χ3v) is 6.06. The molecule has 0 saturated heterocycles. The van der Waals surface area contributed by atoms with Gasteiger partial charge in [0.25, 0.3) is 5.91 Å². The summed E-state index contributed by atoms with van der Waals surface area (Å²) >= 11 is 1.62. The zero-order chi connectivity index (χ0) is 22.8. The maximum absolute atomic E-state index is 12.7. The topological polar surface area (TPSA) is 86.9 Å². The van der Waals surface area contributed by atoms with Crippen LogP contribution in [0.3, 0.4) is 0 Å². The van der Waals surface area contributed by atoms with Crippen LogP contribution in [0.4, 0.5) is 11.4 Å². The Labute approximate surface area is 194 Å². The molecule has 162 valence electrons. The fourth-order valence-electron chi connectivity index (χ4n) is 3.60. The van der Waals surface area contributed by atoms with Crippen LogP contribution in [-0.4, -0.2) is 21.8 Å². The number of anilines is 2. The molecule has 5 aromatic rings. The number of nitrogens with one attached hydrogen (secondary N) is 3. The Bertz CT molecular complexity index is 1450. The van der Waals surface area contributed by atoms with Gasteiger partial charge in [-0.25, -0.2) is 4.98 Å². The van der Waals surface area contributed by atoms with Gasteiger partial charge in [-0.15, -0.1) is 11.3 Å². The number of fused-ring (bicyclic) bond motifs is 1. The number of aromatic nitrogens is 2. The van der Waals surface area contributed by atoms with E-state index in [9.17, 15) is 9.59 Å². The SMILES string of the molecule is CC(=O)Nc1cccc(C(=O)Nc2cccc(-c3csc(-c4nc5ccccc5[nH]4)c3)c2)c1. The highest BCUT2D eigenvalue weighted by molar-refractivity contribution is 7.13. The van der Waals surface area contributed by atoms with Crippen LogP contribution in [-0.2, 0) is 4.79 Å². The second-order valence-corrected chi connectivity index (χ2v) is 8.51. The summed E-state index contributed by atoms with van der Waals surface area (Å²) in [7, 11) is 0. The molecule has 0 aliphatic heterocycles. The van der Waals surface area contributed by atoms with Crippen LogP contribution in [0.15, 0.2) is 84.2 Å². The highest BCUT2D eigenvalue weighted by Crippen LogP contribution is 2.33. The number of thiophene rings is 1. The van der Waals surface area contributed by atoms with Crippen molar-refractivity contribution in [3.8, 4) is 21.8 Å². The first-order valence-corrected chi connectivity index (χ1v) is 11.3. The number of hydrogen-bond acceptors (Lipinski definition) is 4. The summed E-state index contributed by atoms with van der Waals surface area (Å²) in [4.78, 5) is 33.1. The molecule has 2 aromatic heterocycles. The molecule has 0 radical (unpaired) electrons. The van der Waals surface area contributed by atoms with Crippen LogP contribution in [0.2, 0.25) is 0 Å². The van der Waals surface area contributed by atoms with E-state index in [0.717, 1.165) is 32.9 Å². The predicted octanol–water partition coefficient (Wildman–Crippen LogP) is 6.17. The van der Waals surface area contributed by atoms with E-state index >= 15 is 0 Å². The van der Waals surface area contributed by atoms with Gasteiger partial charge >= 0.3 is 0 Å². The van der Waals surface area contributed by atoms with Crippen molar-refractivity contribution in [3.05, 3.63) is 89.8 Å². The van der Waals surface area contributed by atoms with Crippen LogP contribution in [0.5, 0.6) is 0 Å². The number of benzene rings is 3. The van der Waals surface area contributed by atoms with E-state index in [0.29, 0.717) is 16.9 Å². The maximum atomic E-state index is 12.7. The lowest BCUT2D eigenvalue weighted by Crippen LogP contribution is -2.13. The van der Waals surface area contributed by atoms with Gasteiger partial charge in [0.05, 0.1) is 15.9 Å². The highest BCUT2D eigenvalue weighted by atomic mass is 32.1. The molecule has 2 heterocycles. The van der Waals surface area contributed by atoms with Crippen LogP contribution < -0.4 is 10.6 Å². The van der Waals surface area contributed by atoms with E-state index in [1.165, 1.54) is 6.92 Å². The van der Waals surface area contributed by atoms with Gasteiger partial charge in [-0.2, -0.15) is 0 Å². The van der Waals surface area contributed by atoms with Gasteiger partial charge in [-0.1, -0.05) is 30.3 Å². The van der Waals surface area contributed by atoms with Crippen molar-refractivity contribution in [3.63, 3.8) is 0 Å². The lowest BCUT2D eigenvalue weighted by atomic mass is 10.1. The number of rotatable bonds is 5. The predicted molar refractivity (Wildman–Crippen MR) is 134 cm³/mol. The zero-order valence-electron chi connectivity index (χ0n) is 17.8. The number of imidazole rings is 1. The average molecular weight is 453 g/mol. The number of nitrogens with zero attached hydrogens (tertiary/aromatic N) is 1. The summed E-state index contributed by atoms with van der Waals surface area (Å²) in [5, 5.41) is 7.72. The second-order valence-electron chi connectivity index (χ2n) is 7.60. The Morgan fingerprint density at radius 1 is 0.848 bits per heavy atom. The molecule has 0 aliphatic rings. The van der Waals surface area contributed by atoms with E-state index in [4.69, 9.17) is 0 Å². The Morgan fingerprint density at radius 2 is 1.64 bits per heavy atom. The number of hydrogen-bond donors (Lipinski definition) is 3. The normalized spacial score (nSPS) is 10.8. The van der Waals surface area contributed by atoms with Crippen molar-refractivity contribution in [1.29, 1.82) is 0 Å². The van der Waals surface area contributed by atoms with Gasteiger partial charge < -0.3 is 15.6 Å². The second kappa shape index (κ2) is 8.72. The standard InChI is InChI=1S/C26H20N4O2S/c1-16(31)27-20-8-5-7-18(13-20)26(32)28-21-9-4-6-17(12-21)19-14-24(33-15-19)25-29-22-10-2-3-11-23(22)30-25/h2-15H,1H3,(H,27,31)(H,28,32)(H,29,30). The highest BCUT2D eigenvalue weighted by Gasteiger charge is 2.11. The monoisotopic (exact) mass is 452 g/mol. The molecule has 0 spiro atoms. The first kappa shape index (κ1) is 20.7. The zero-order valence-corrected chi connectivity index (χ0v) is 18.6. The molecule has 0 saturated carbocycles. The van der Waals surface area contributed by atoms with Gasteiger partial charge in [-0.3, -0.25) is 9.59 Å². The fourth-order valence-corrected chi connectivity index (χ4v) is 4.46. The molecule has 0 aliphatic carbocycles. The third-order valence-electron chi connectivity index (χ3n) is 5.12. The number of H-pyrrole nitrogens is 1. The van der Waals surface area contributed by atoms with Gasteiger partial charge in [0.2, 0.25) is 5.91 Å². The van der Waals surface area contributed by atoms with Crippen LogP contribution in [0.1, 0.15) is 17.3 Å². The summed E-state index contributed by atoms with van der Waals surface area (Å²) in [6.07, 6.45) is 0. The van der Waals surface area contributed by atoms with E-state index in [1.54, 1.807) is 35.6 Å². The minimum Gasteiger partial charge on any atom is -0.337 e. The van der Waals surface area contributed by atoms with E-state index in [2.05, 4.69) is 32.0 Å². The van der Waals surface area contributed by atoms with Crippen molar-refractivity contribution in [2.24, 2.45) is 0 Å². The van der Waals surface area contributed by atoms with Crippen LogP contribution >= 0.6 is 11.3 Å². The van der Waals surface area contributed by atoms with Crippen LogP contribution in [0, 0.1) is 0 Å². The lowest BCUT2D eigenvalue weighted by molar-refractivity contribution is -0.114. The van der Waals surface area contributed by atoms with Gasteiger partial charge in [0.1, 0.15) is 5.82 Å². The number of para-hydroxylation sites is 2.